The van der Waals surface area contributed by atoms with Crippen molar-refractivity contribution in [3.05, 3.63) is 29.6 Å². The zero-order valence-corrected chi connectivity index (χ0v) is 13.8. The van der Waals surface area contributed by atoms with Crippen molar-refractivity contribution in [3.8, 4) is 0 Å². The van der Waals surface area contributed by atoms with Crippen LogP contribution in [-0.4, -0.2) is 40.8 Å². The van der Waals surface area contributed by atoms with Crippen LogP contribution in [0.5, 0.6) is 0 Å². The van der Waals surface area contributed by atoms with Crippen LogP contribution in [0.3, 0.4) is 0 Å². The van der Waals surface area contributed by atoms with Crippen molar-refractivity contribution in [2.24, 2.45) is 5.92 Å². The highest BCUT2D eigenvalue weighted by Crippen LogP contribution is 2.32. The van der Waals surface area contributed by atoms with E-state index in [0.29, 0.717) is 5.56 Å². The molecule has 2 atom stereocenters. The Morgan fingerprint density at radius 3 is 2.87 bits per heavy atom. The van der Waals surface area contributed by atoms with E-state index in [-0.39, 0.29) is 23.8 Å². The summed E-state index contributed by atoms with van der Waals surface area (Å²) < 4.78 is 0. The molecule has 0 aromatic carbocycles. The molecule has 0 spiro atoms. The minimum atomic E-state index is -0.0598. The van der Waals surface area contributed by atoms with Crippen LogP contribution in [0.4, 0.5) is 0 Å². The van der Waals surface area contributed by atoms with Crippen LogP contribution in [0.15, 0.2) is 18.3 Å². The lowest BCUT2D eigenvalue weighted by atomic mass is 9.98. The molecule has 1 aliphatic heterocycles. The molecule has 3 rings (SSSR count). The number of fused-ring (bicyclic) bond motifs is 1. The van der Waals surface area contributed by atoms with E-state index in [4.69, 9.17) is 0 Å². The second-order valence-corrected chi connectivity index (χ2v) is 6.64. The summed E-state index contributed by atoms with van der Waals surface area (Å²) in [6.45, 7) is 3.41. The van der Waals surface area contributed by atoms with Crippen LogP contribution in [0.25, 0.3) is 0 Å². The van der Waals surface area contributed by atoms with Gasteiger partial charge in [0.05, 0.1) is 11.5 Å². The van der Waals surface area contributed by atoms with E-state index in [1.165, 1.54) is 0 Å². The lowest BCUT2D eigenvalue weighted by molar-refractivity contribution is -0.126. The number of nitrogens with zero attached hydrogens (tertiary/aromatic N) is 2. The van der Waals surface area contributed by atoms with Crippen molar-refractivity contribution in [1.29, 1.82) is 0 Å². The molecule has 2 fully saturated rings. The number of rotatable bonds is 1. The highest BCUT2D eigenvalue weighted by molar-refractivity contribution is 5.94. The van der Waals surface area contributed by atoms with Gasteiger partial charge in [0.1, 0.15) is 0 Å². The molecule has 1 aromatic rings. The van der Waals surface area contributed by atoms with E-state index in [1.54, 1.807) is 6.20 Å². The van der Waals surface area contributed by atoms with Crippen LogP contribution in [0.2, 0.25) is 0 Å². The topological polar surface area (TPSA) is 62.3 Å². The molecule has 2 aliphatic rings. The average Bonchev–Trinajstić information content (AvgIpc) is 3.03. The lowest BCUT2D eigenvalue weighted by Crippen LogP contribution is -2.48. The number of aryl methyl sites for hydroxylation is 1. The molecule has 0 radical (unpaired) electrons. The average molecular weight is 315 g/mol. The quantitative estimate of drug-likeness (QED) is 0.865. The summed E-state index contributed by atoms with van der Waals surface area (Å²) >= 11 is 0. The monoisotopic (exact) mass is 315 g/mol. The summed E-state index contributed by atoms with van der Waals surface area (Å²) in [5.41, 5.74) is 1.53. The van der Waals surface area contributed by atoms with E-state index in [9.17, 15) is 9.59 Å². The molecule has 1 saturated carbocycles. The van der Waals surface area contributed by atoms with Crippen LogP contribution in [0, 0.1) is 12.8 Å². The van der Waals surface area contributed by atoms with Crippen LogP contribution >= 0.6 is 0 Å². The van der Waals surface area contributed by atoms with Gasteiger partial charge in [-0.2, -0.15) is 0 Å². The van der Waals surface area contributed by atoms with Gasteiger partial charge in [0, 0.05) is 31.0 Å². The van der Waals surface area contributed by atoms with Gasteiger partial charge in [-0.15, -0.1) is 0 Å². The molecule has 1 N–H and O–H groups in total. The van der Waals surface area contributed by atoms with Crippen molar-refractivity contribution < 1.29 is 9.59 Å². The molecule has 2 unspecified atom stereocenters. The van der Waals surface area contributed by atoms with Crippen molar-refractivity contribution in [1.82, 2.24) is 15.2 Å². The maximum Gasteiger partial charge on any atom is 0.255 e. The van der Waals surface area contributed by atoms with Gasteiger partial charge in [0.2, 0.25) is 5.91 Å². The van der Waals surface area contributed by atoms with Crippen molar-refractivity contribution in [2.45, 2.75) is 51.5 Å². The van der Waals surface area contributed by atoms with Crippen molar-refractivity contribution >= 4 is 11.8 Å². The summed E-state index contributed by atoms with van der Waals surface area (Å²) in [6.07, 6.45) is 7.48. The van der Waals surface area contributed by atoms with Crippen LogP contribution in [-0.2, 0) is 4.79 Å². The maximum absolute atomic E-state index is 13.0. The molecule has 1 aliphatic carbocycles. The summed E-state index contributed by atoms with van der Waals surface area (Å²) in [4.78, 5) is 31.6. The standard InChI is InChI=1S/C18H25N3O2/c1-13-8-9-14(12-20-13)18(23)21-11-4-2-3-10-19-17(22)15-6-5-7-16(15)21/h8-9,12,15-16H,2-7,10-11H2,1H3,(H,19,22). The van der Waals surface area contributed by atoms with Crippen LogP contribution < -0.4 is 5.32 Å². The first kappa shape index (κ1) is 16.0. The smallest absolute Gasteiger partial charge is 0.255 e. The minimum Gasteiger partial charge on any atom is -0.356 e. The van der Waals surface area contributed by atoms with E-state index in [2.05, 4.69) is 10.3 Å². The van der Waals surface area contributed by atoms with Crippen LogP contribution in [0.1, 0.15) is 54.6 Å². The Balaban J connectivity index is 1.84. The molecule has 1 aromatic heterocycles. The molecule has 2 amide bonds. The lowest BCUT2D eigenvalue weighted by Gasteiger charge is -2.33. The zero-order chi connectivity index (χ0) is 16.2. The Kier molecular flexibility index (Phi) is 4.94. The first-order chi connectivity index (χ1) is 11.2. The fourth-order valence-corrected chi connectivity index (χ4v) is 3.72. The van der Waals surface area contributed by atoms with Crippen molar-refractivity contribution in [3.63, 3.8) is 0 Å². The predicted octanol–water partition coefficient (Wildman–Crippen LogP) is 2.30. The Hall–Kier alpha value is -1.91. The first-order valence-corrected chi connectivity index (χ1v) is 8.68. The number of amides is 2. The summed E-state index contributed by atoms with van der Waals surface area (Å²) in [6, 6.07) is 3.74. The number of aromatic nitrogens is 1. The highest BCUT2D eigenvalue weighted by atomic mass is 16.2. The summed E-state index contributed by atoms with van der Waals surface area (Å²) in [5, 5.41) is 3.04. The second-order valence-electron chi connectivity index (χ2n) is 6.64. The highest BCUT2D eigenvalue weighted by Gasteiger charge is 2.39. The number of carbonyl (C=O) groups excluding carboxylic acids is 2. The fourth-order valence-electron chi connectivity index (χ4n) is 3.72. The van der Waals surface area contributed by atoms with Gasteiger partial charge in [-0.25, -0.2) is 0 Å². The van der Waals surface area contributed by atoms with Gasteiger partial charge < -0.3 is 10.2 Å². The maximum atomic E-state index is 13.0. The minimum absolute atomic E-state index is 0.0165. The molecule has 124 valence electrons. The largest absolute Gasteiger partial charge is 0.356 e. The summed E-state index contributed by atoms with van der Waals surface area (Å²) in [7, 11) is 0. The van der Waals surface area contributed by atoms with Gasteiger partial charge in [0.25, 0.3) is 5.91 Å². The number of hydrogen-bond acceptors (Lipinski definition) is 3. The molecular weight excluding hydrogens is 290 g/mol. The number of hydrogen-bond donors (Lipinski definition) is 1. The second kappa shape index (κ2) is 7.11. The molecular formula is C18H25N3O2. The molecule has 5 heteroatoms. The van der Waals surface area contributed by atoms with E-state index >= 15 is 0 Å². The Labute approximate surface area is 137 Å². The molecule has 1 saturated heterocycles. The predicted molar refractivity (Wildman–Crippen MR) is 88.0 cm³/mol. The van der Waals surface area contributed by atoms with Gasteiger partial charge in [-0.1, -0.05) is 6.42 Å². The van der Waals surface area contributed by atoms with Gasteiger partial charge in [0.15, 0.2) is 0 Å². The Bertz CT molecular complexity index is 570. The zero-order valence-electron chi connectivity index (χ0n) is 13.8. The summed E-state index contributed by atoms with van der Waals surface area (Å²) in [5.74, 6) is 0.0764. The normalized spacial score (nSPS) is 25.6. The van der Waals surface area contributed by atoms with Crippen molar-refractivity contribution in [2.75, 3.05) is 13.1 Å². The first-order valence-electron chi connectivity index (χ1n) is 8.68. The van der Waals surface area contributed by atoms with Gasteiger partial charge >= 0.3 is 0 Å². The molecule has 0 bridgehead atoms. The number of carbonyl (C=O) groups is 2. The third kappa shape index (κ3) is 3.54. The van der Waals surface area contributed by atoms with E-state index < -0.39 is 0 Å². The van der Waals surface area contributed by atoms with E-state index in [1.807, 2.05) is 24.0 Å². The Morgan fingerprint density at radius 2 is 2.09 bits per heavy atom. The van der Waals surface area contributed by atoms with E-state index in [0.717, 1.165) is 57.3 Å². The SMILES string of the molecule is Cc1ccc(C(=O)N2CCCCCNC(=O)C3CCCC32)cn1. The Morgan fingerprint density at radius 1 is 1.22 bits per heavy atom. The fraction of sp³-hybridized carbons (Fsp3) is 0.611. The molecule has 2 heterocycles. The third-order valence-corrected chi connectivity index (χ3v) is 5.01. The molecule has 23 heavy (non-hydrogen) atoms. The van der Waals surface area contributed by atoms with Gasteiger partial charge in [-0.05, 0) is 51.2 Å². The third-order valence-electron chi connectivity index (χ3n) is 5.01. The van der Waals surface area contributed by atoms with Gasteiger partial charge in [-0.3, -0.25) is 14.6 Å². The number of nitrogens with one attached hydrogen (secondary N) is 1. The number of pyridine rings is 1. The molecule has 5 nitrogen and oxygen atoms in total.